The summed E-state index contributed by atoms with van der Waals surface area (Å²) in [6.45, 7) is 2.04. The third-order valence-corrected chi connectivity index (χ3v) is 2.75. The van der Waals surface area contributed by atoms with Gasteiger partial charge in [0.15, 0.2) is 0 Å². The van der Waals surface area contributed by atoms with E-state index in [1.54, 1.807) is 12.4 Å². The highest BCUT2D eigenvalue weighted by atomic mass is 32.1. The molecule has 84 valence electrons. The summed E-state index contributed by atoms with van der Waals surface area (Å²) in [6, 6.07) is 0. The summed E-state index contributed by atoms with van der Waals surface area (Å²) in [5.74, 6) is 0.217. The van der Waals surface area contributed by atoms with Gasteiger partial charge in [0.05, 0.1) is 5.69 Å². The molecule has 0 fully saturated rings. The number of amides is 1. The number of aromatic amines is 1. The summed E-state index contributed by atoms with van der Waals surface area (Å²) in [7, 11) is 0. The molecule has 2 aromatic rings. The zero-order valence-electron chi connectivity index (χ0n) is 8.73. The first kappa shape index (κ1) is 10.7. The van der Waals surface area contributed by atoms with Crippen LogP contribution in [-0.2, 0) is 6.42 Å². The fourth-order valence-electron chi connectivity index (χ4n) is 1.28. The van der Waals surface area contributed by atoms with Gasteiger partial charge >= 0.3 is 0 Å². The highest BCUT2D eigenvalue weighted by molar-refractivity contribution is 7.08. The number of anilines is 1. The van der Waals surface area contributed by atoms with E-state index < -0.39 is 0 Å². The van der Waals surface area contributed by atoms with Gasteiger partial charge in [0, 0.05) is 12.4 Å². The van der Waals surface area contributed by atoms with E-state index in [9.17, 15) is 4.79 Å². The zero-order chi connectivity index (χ0) is 11.4. The van der Waals surface area contributed by atoms with Crippen molar-refractivity contribution in [3.05, 3.63) is 23.0 Å². The van der Waals surface area contributed by atoms with E-state index in [0.717, 1.165) is 30.1 Å². The van der Waals surface area contributed by atoms with Crippen LogP contribution in [0.4, 0.5) is 5.95 Å². The highest BCUT2D eigenvalue weighted by Crippen LogP contribution is 2.13. The van der Waals surface area contributed by atoms with Crippen molar-refractivity contribution in [3.63, 3.8) is 0 Å². The Labute approximate surface area is 96.3 Å². The molecule has 0 bridgehead atoms. The third kappa shape index (κ3) is 2.25. The van der Waals surface area contributed by atoms with E-state index in [-0.39, 0.29) is 5.91 Å². The summed E-state index contributed by atoms with van der Waals surface area (Å²) in [5, 5.41) is 6.58. The predicted octanol–water partition coefficient (Wildman–Crippen LogP) is 1.47. The van der Waals surface area contributed by atoms with Gasteiger partial charge in [-0.25, -0.2) is 4.98 Å². The Kier molecular flexibility index (Phi) is 3.25. The van der Waals surface area contributed by atoms with E-state index in [1.165, 1.54) is 0 Å². The van der Waals surface area contributed by atoms with Gasteiger partial charge in [-0.15, -0.1) is 5.10 Å². The first-order chi connectivity index (χ1) is 7.81. The second-order valence-electron chi connectivity index (χ2n) is 3.19. The normalized spacial score (nSPS) is 10.3. The lowest BCUT2D eigenvalue weighted by Gasteiger charge is -2.00. The van der Waals surface area contributed by atoms with Crippen LogP contribution in [0.25, 0.3) is 0 Å². The molecular weight excluding hydrogens is 226 g/mol. The maximum atomic E-state index is 11.8. The molecule has 2 aromatic heterocycles. The average molecular weight is 237 g/mol. The topological polar surface area (TPSA) is 83.6 Å². The van der Waals surface area contributed by atoms with Crippen LogP contribution in [0.15, 0.2) is 12.4 Å². The van der Waals surface area contributed by atoms with Crippen molar-refractivity contribution in [2.24, 2.45) is 0 Å². The van der Waals surface area contributed by atoms with E-state index in [4.69, 9.17) is 0 Å². The Morgan fingerprint density at radius 3 is 3.19 bits per heavy atom. The maximum absolute atomic E-state index is 11.8. The minimum atomic E-state index is -0.214. The second kappa shape index (κ2) is 4.84. The second-order valence-corrected chi connectivity index (χ2v) is 3.94. The fourth-order valence-corrected chi connectivity index (χ4v) is 1.88. The molecule has 0 aliphatic heterocycles. The average Bonchev–Trinajstić information content (AvgIpc) is 2.89. The van der Waals surface area contributed by atoms with Crippen molar-refractivity contribution in [1.82, 2.24) is 19.6 Å². The molecule has 2 heterocycles. The third-order valence-electron chi connectivity index (χ3n) is 1.98. The Morgan fingerprint density at radius 1 is 1.62 bits per heavy atom. The number of nitrogens with zero attached hydrogens (tertiary/aromatic N) is 3. The lowest BCUT2D eigenvalue weighted by molar-refractivity contribution is 0.102. The molecule has 0 atom stereocenters. The van der Waals surface area contributed by atoms with Crippen LogP contribution in [0.2, 0.25) is 0 Å². The Balaban J connectivity index is 2.11. The molecule has 2 rings (SSSR count). The number of imidazole rings is 1. The zero-order valence-corrected chi connectivity index (χ0v) is 9.54. The van der Waals surface area contributed by atoms with Gasteiger partial charge in [-0.1, -0.05) is 17.8 Å². The number of aromatic nitrogens is 4. The van der Waals surface area contributed by atoms with E-state index in [0.29, 0.717) is 10.8 Å². The number of carbonyl (C=O) groups is 1. The number of rotatable bonds is 4. The van der Waals surface area contributed by atoms with Gasteiger partial charge in [0.1, 0.15) is 4.88 Å². The number of aryl methyl sites for hydroxylation is 1. The van der Waals surface area contributed by atoms with Crippen molar-refractivity contribution in [2.45, 2.75) is 19.8 Å². The minimum absolute atomic E-state index is 0.214. The quantitative estimate of drug-likeness (QED) is 0.843. The molecule has 0 saturated carbocycles. The molecule has 0 saturated heterocycles. The smallest absolute Gasteiger partial charge is 0.271 e. The molecule has 0 unspecified atom stereocenters. The molecular formula is C9H11N5OS. The fraction of sp³-hybridized carbons (Fsp3) is 0.333. The SMILES string of the molecule is CCCc1nnsc1C(=O)Nc1ncc[nH]1. The molecule has 0 aliphatic rings. The number of carbonyl (C=O) groups excluding carboxylic acids is 1. The van der Waals surface area contributed by atoms with Gasteiger partial charge in [0.2, 0.25) is 5.95 Å². The molecule has 7 heteroatoms. The largest absolute Gasteiger partial charge is 0.331 e. The van der Waals surface area contributed by atoms with E-state index in [1.807, 2.05) is 6.92 Å². The number of hydrogen-bond donors (Lipinski definition) is 2. The van der Waals surface area contributed by atoms with Crippen molar-refractivity contribution in [1.29, 1.82) is 0 Å². The molecule has 2 N–H and O–H groups in total. The maximum Gasteiger partial charge on any atom is 0.271 e. The van der Waals surface area contributed by atoms with Crippen LogP contribution in [0.1, 0.15) is 28.7 Å². The first-order valence-corrected chi connectivity index (χ1v) is 5.70. The summed E-state index contributed by atoms with van der Waals surface area (Å²) < 4.78 is 3.79. The van der Waals surface area contributed by atoms with Crippen molar-refractivity contribution >= 4 is 23.4 Å². The van der Waals surface area contributed by atoms with Crippen molar-refractivity contribution < 1.29 is 4.79 Å². The van der Waals surface area contributed by atoms with Crippen LogP contribution >= 0.6 is 11.5 Å². The molecule has 1 amide bonds. The van der Waals surface area contributed by atoms with Gasteiger partial charge < -0.3 is 4.98 Å². The lowest BCUT2D eigenvalue weighted by Crippen LogP contribution is -2.13. The highest BCUT2D eigenvalue weighted by Gasteiger charge is 2.16. The minimum Gasteiger partial charge on any atom is -0.331 e. The molecule has 0 spiro atoms. The van der Waals surface area contributed by atoms with Crippen LogP contribution in [0, 0.1) is 0 Å². The monoisotopic (exact) mass is 237 g/mol. The Bertz CT molecular complexity index is 464. The summed E-state index contributed by atoms with van der Waals surface area (Å²) in [6.07, 6.45) is 4.92. The van der Waals surface area contributed by atoms with Crippen molar-refractivity contribution in [3.8, 4) is 0 Å². The van der Waals surface area contributed by atoms with E-state index >= 15 is 0 Å². The Morgan fingerprint density at radius 2 is 2.50 bits per heavy atom. The van der Waals surface area contributed by atoms with Crippen LogP contribution < -0.4 is 5.32 Å². The summed E-state index contributed by atoms with van der Waals surface area (Å²) in [4.78, 5) is 19.1. The predicted molar refractivity (Wildman–Crippen MR) is 60.4 cm³/mol. The Hall–Kier alpha value is -1.76. The van der Waals surface area contributed by atoms with E-state index in [2.05, 4.69) is 24.9 Å². The van der Waals surface area contributed by atoms with Gasteiger partial charge in [0.25, 0.3) is 5.91 Å². The molecule has 0 radical (unpaired) electrons. The van der Waals surface area contributed by atoms with Gasteiger partial charge in [-0.3, -0.25) is 10.1 Å². The molecule has 6 nitrogen and oxygen atoms in total. The molecule has 0 aliphatic carbocycles. The first-order valence-electron chi connectivity index (χ1n) is 4.93. The standard InChI is InChI=1S/C9H11N5OS/c1-2-3-6-7(16-14-13-6)8(15)12-9-10-4-5-11-9/h4-5H,2-3H2,1H3,(H2,10,11,12,15). The number of hydrogen-bond acceptors (Lipinski definition) is 5. The summed E-state index contributed by atoms with van der Waals surface area (Å²) in [5.41, 5.74) is 0.747. The lowest BCUT2D eigenvalue weighted by atomic mass is 10.2. The molecule has 16 heavy (non-hydrogen) atoms. The van der Waals surface area contributed by atoms with Gasteiger partial charge in [-0.05, 0) is 18.0 Å². The van der Waals surface area contributed by atoms with Gasteiger partial charge in [-0.2, -0.15) is 0 Å². The van der Waals surface area contributed by atoms with Crippen LogP contribution in [0.3, 0.4) is 0 Å². The van der Waals surface area contributed by atoms with Crippen LogP contribution in [0.5, 0.6) is 0 Å². The van der Waals surface area contributed by atoms with Crippen molar-refractivity contribution in [2.75, 3.05) is 5.32 Å². The van der Waals surface area contributed by atoms with Crippen LogP contribution in [-0.4, -0.2) is 25.5 Å². The molecule has 0 aromatic carbocycles. The number of nitrogens with one attached hydrogen (secondary N) is 2. The number of H-pyrrole nitrogens is 1. The summed E-state index contributed by atoms with van der Waals surface area (Å²) >= 11 is 1.10.